The van der Waals surface area contributed by atoms with Crippen molar-refractivity contribution in [3.05, 3.63) is 29.8 Å². The molecular weight excluding hydrogens is 212 g/mol. The van der Waals surface area contributed by atoms with Crippen LogP contribution >= 0.6 is 8.69 Å². The molecule has 4 heteroatoms. The first-order valence-electron chi connectivity index (χ1n) is 2.94. The molecule has 11 heavy (non-hydrogen) atoms. The van der Waals surface area contributed by atoms with Gasteiger partial charge >= 0.3 is 8.69 Å². The van der Waals surface area contributed by atoms with Crippen LogP contribution in [0.1, 0.15) is 5.56 Å². The molecule has 54 valence electrons. The van der Waals surface area contributed by atoms with Gasteiger partial charge in [0.2, 0.25) is 0 Å². The third-order valence-corrected chi connectivity index (χ3v) is 1.55. The Balaban J connectivity index is 0.000001000. The summed E-state index contributed by atoms with van der Waals surface area (Å²) in [6, 6.07) is 7.47. The zero-order valence-corrected chi connectivity index (χ0v) is 10.3. The maximum atomic E-state index is 10.1. The van der Waals surface area contributed by atoms with Gasteiger partial charge in [-0.05, 0) is 23.1 Å². The van der Waals surface area contributed by atoms with Gasteiger partial charge in [-0.2, -0.15) is 0 Å². The second-order valence-electron chi connectivity index (χ2n) is 1.95. The van der Waals surface area contributed by atoms with Crippen LogP contribution in [0.4, 0.5) is 0 Å². The second kappa shape index (κ2) is 5.40. The molecule has 0 aromatic heterocycles. The van der Waals surface area contributed by atoms with Crippen LogP contribution in [0.15, 0.2) is 24.3 Å². The van der Waals surface area contributed by atoms with E-state index in [9.17, 15) is 4.57 Å². The SMILES string of the molecule is Cc1ccccc1O[PH+]=O.[Zn]. The van der Waals surface area contributed by atoms with E-state index in [1.54, 1.807) is 6.07 Å². The summed E-state index contributed by atoms with van der Waals surface area (Å²) in [6.07, 6.45) is 0. The Morgan fingerprint density at radius 1 is 1.36 bits per heavy atom. The first kappa shape index (κ1) is 10.7. The van der Waals surface area contributed by atoms with Crippen molar-refractivity contribution < 1.29 is 28.6 Å². The minimum atomic E-state index is -0.718. The standard InChI is InChI=1S/C7H8O2P.Zn/c1-6-4-2-3-5-7(6)9-10-8;/h2-5,10H,1H3;/q+1;. The minimum absolute atomic E-state index is 0. The topological polar surface area (TPSA) is 26.3 Å². The summed E-state index contributed by atoms with van der Waals surface area (Å²) in [6.45, 7) is 1.91. The third-order valence-electron chi connectivity index (χ3n) is 1.25. The molecule has 2 nitrogen and oxygen atoms in total. The summed E-state index contributed by atoms with van der Waals surface area (Å²) in [5.74, 6) is 0.691. The van der Waals surface area contributed by atoms with Crippen molar-refractivity contribution in [1.82, 2.24) is 0 Å². The molecule has 0 aliphatic heterocycles. The van der Waals surface area contributed by atoms with Gasteiger partial charge in [-0.25, -0.2) is 0 Å². The van der Waals surface area contributed by atoms with Gasteiger partial charge in [0, 0.05) is 19.5 Å². The second-order valence-corrected chi connectivity index (χ2v) is 2.32. The molecular formula is C7H8O2PZn+. The van der Waals surface area contributed by atoms with Crippen LogP contribution in [-0.2, 0) is 24.0 Å². The molecule has 0 spiro atoms. The fraction of sp³-hybridized carbons (Fsp3) is 0.143. The fourth-order valence-electron chi connectivity index (χ4n) is 0.716. The molecule has 0 amide bonds. The van der Waals surface area contributed by atoms with E-state index < -0.39 is 8.69 Å². The predicted octanol–water partition coefficient (Wildman–Crippen LogP) is 2.31. The van der Waals surface area contributed by atoms with E-state index in [-0.39, 0.29) is 19.5 Å². The van der Waals surface area contributed by atoms with Gasteiger partial charge in [-0.1, -0.05) is 18.2 Å². The molecule has 0 radical (unpaired) electrons. The van der Waals surface area contributed by atoms with E-state index in [0.29, 0.717) is 5.75 Å². The van der Waals surface area contributed by atoms with Crippen molar-refractivity contribution in [2.45, 2.75) is 6.92 Å². The summed E-state index contributed by atoms with van der Waals surface area (Å²) in [5, 5.41) is 0. The van der Waals surface area contributed by atoms with E-state index in [4.69, 9.17) is 4.52 Å². The van der Waals surface area contributed by atoms with E-state index >= 15 is 0 Å². The van der Waals surface area contributed by atoms with Gasteiger partial charge in [0.15, 0.2) is 5.75 Å². The summed E-state index contributed by atoms with van der Waals surface area (Å²) in [7, 11) is -0.718. The summed E-state index contributed by atoms with van der Waals surface area (Å²) in [4.78, 5) is 0. The maximum Gasteiger partial charge on any atom is 0.542 e. The predicted molar refractivity (Wildman–Crippen MR) is 40.8 cm³/mol. The maximum absolute atomic E-state index is 10.1. The summed E-state index contributed by atoms with van der Waals surface area (Å²) < 4.78 is 14.9. The molecule has 1 aromatic rings. The Labute approximate surface area is 80.0 Å². The van der Waals surface area contributed by atoms with Crippen molar-refractivity contribution in [3.8, 4) is 5.75 Å². The molecule has 0 heterocycles. The Hall–Kier alpha value is -0.257. The number of hydrogen-bond acceptors (Lipinski definition) is 2. The Kier molecular flexibility index (Phi) is 5.28. The van der Waals surface area contributed by atoms with Gasteiger partial charge in [0.05, 0.1) is 0 Å². The fourth-order valence-corrected chi connectivity index (χ4v) is 1.03. The third kappa shape index (κ3) is 3.09. The molecule has 0 aliphatic rings. The molecule has 1 aromatic carbocycles. The van der Waals surface area contributed by atoms with Gasteiger partial charge in [0.25, 0.3) is 0 Å². The monoisotopic (exact) mass is 219 g/mol. The van der Waals surface area contributed by atoms with Crippen LogP contribution in [0, 0.1) is 6.92 Å². The molecule has 1 atom stereocenters. The van der Waals surface area contributed by atoms with Gasteiger partial charge in [0.1, 0.15) is 0 Å². The number of hydrogen-bond donors (Lipinski definition) is 0. The molecule has 1 unspecified atom stereocenters. The number of benzene rings is 1. The zero-order valence-electron chi connectivity index (χ0n) is 6.33. The van der Waals surface area contributed by atoms with E-state index in [2.05, 4.69) is 0 Å². The quantitative estimate of drug-likeness (QED) is 0.565. The minimum Gasteiger partial charge on any atom is -0.256 e. The van der Waals surface area contributed by atoms with Crippen LogP contribution in [-0.4, -0.2) is 0 Å². The van der Waals surface area contributed by atoms with E-state index in [0.717, 1.165) is 5.56 Å². The smallest absolute Gasteiger partial charge is 0.256 e. The molecule has 0 fully saturated rings. The van der Waals surface area contributed by atoms with E-state index in [1.807, 2.05) is 25.1 Å². The number of para-hydroxylation sites is 1. The van der Waals surface area contributed by atoms with Crippen molar-refractivity contribution in [2.24, 2.45) is 0 Å². The van der Waals surface area contributed by atoms with Gasteiger partial charge in [-0.15, -0.1) is 0 Å². The largest absolute Gasteiger partial charge is 0.542 e. The van der Waals surface area contributed by atoms with Crippen LogP contribution in [0.3, 0.4) is 0 Å². The Bertz CT molecular complexity index is 240. The number of aryl methyl sites for hydroxylation is 1. The summed E-state index contributed by atoms with van der Waals surface area (Å²) in [5.41, 5.74) is 1.01. The normalized spacial score (nSPS) is 8.82. The summed E-state index contributed by atoms with van der Waals surface area (Å²) >= 11 is 0. The Morgan fingerprint density at radius 3 is 2.55 bits per heavy atom. The number of rotatable bonds is 2. The van der Waals surface area contributed by atoms with Crippen LogP contribution in [0.5, 0.6) is 5.75 Å². The average molecular weight is 221 g/mol. The van der Waals surface area contributed by atoms with Crippen LogP contribution < -0.4 is 4.52 Å². The van der Waals surface area contributed by atoms with Crippen molar-refractivity contribution in [2.75, 3.05) is 0 Å². The van der Waals surface area contributed by atoms with Gasteiger partial charge < -0.3 is 0 Å². The zero-order chi connectivity index (χ0) is 7.40. The molecule has 0 saturated carbocycles. The molecule has 0 aliphatic carbocycles. The molecule has 0 bridgehead atoms. The van der Waals surface area contributed by atoms with Crippen molar-refractivity contribution in [1.29, 1.82) is 0 Å². The Morgan fingerprint density at radius 2 is 2.00 bits per heavy atom. The van der Waals surface area contributed by atoms with Crippen molar-refractivity contribution in [3.63, 3.8) is 0 Å². The molecule has 0 saturated heterocycles. The van der Waals surface area contributed by atoms with Gasteiger partial charge in [-0.3, -0.25) is 4.52 Å². The van der Waals surface area contributed by atoms with Crippen LogP contribution in [0.2, 0.25) is 0 Å². The van der Waals surface area contributed by atoms with Crippen LogP contribution in [0.25, 0.3) is 0 Å². The van der Waals surface area contributed by atoms with Crippen molar-refractivity contribution >= 4 is 8.69 Å². The molecule has 0 N–H and O–H groups in total. The first-order valence-corrected chi connectivity index (χ1v) is 3.76. The first-order chi connectivity index (χ1) is 4.84. The molecule has 1 rings (SSSR count). The van der Waals surface area contributed by atoms with E-state index in [1.165, 1.54) is 0 Å². The average Bonchev–Trinajstić information content (AvgIpc) is 1.94.